The highest BCUT2D eigenvalue weighted by molar-refractivity contribution is 4.98. The molecule has 0 aromatic carbocycles. The molecule has 0 fully saturated rings. The van der Waals surface area contributed by atoms with Crippen LogP contribution < -0.4 is 0 Å². The van der Waals surface area contributed by atoms with E-state index in [1.165, 1.54) is 37.7 Å². The lowest BCUT2D eigenvalue weighted by molar-refractivity contribution is 0.330. The van der Waals surface area contributed by atoms with Crippen LogP contribution in [0.4, 0.5) is 0 Å². The molecule has 0 aliphatic heterocycles. The Balaban J connectivity index is 3.66. The molecule has 0 unspecified atom stereocenters. The zero-order valence-electron chi connectivity index (χ0n) is 9.72. The summed E-state index contributed by atoms with van der Waals surface area (Å²) in [7, 11) is 1.73. The molecule has 0 aromatic heterocycles. The van der Waals surface area contributed by atoms with Gasteiger partial charge in [0.2, 0.25) is 0 Å². The first-order chi connectivity index (χ1) is 6.85. The zero-order valence-corrected chi connectivity index (χ0v) is 9.72. The van der Waals surface area contributed by atoms with Crippen LogP contribution in [-0.4, -0.2) is 7.11 Å². The highest BCUT2D eigenvalue weighted by atomic mass is 16.5. The van der Waals surface area contributed by atoms with Crippen LogP contribution in [0.15, 0.2) is 24.5 Å². The van der Waals surface area contributed by atoms with Gasteiger partial charge in [-0.3, -0.25) is 0 Å². The van der Waals surface area contributed by atoms with Gasteiger partial charge in [0.15, 0.2) is 0 Å². The van der Waals surface area contributed by atoms with Crippen LogP contribution in [0.25, 0.3) is 0 Å². The average molecular weight is 196 g/mol. The highest BCUT2D eigenvalue weighted by Crippen LogP contribution is 2.15. The second-order valence-electron chi connectivity index (χ2n) is 3.65. The Morgan fingerprint density at radius 1 is 1.21 bits per heavy atom. The molecule has 0 aromatic rings. The van der Waals surface area contributed by atoms with Crippen molar-refractivity contribution in [3.63, 3.8) is 0 Å². The van der Waals surface area contributed by atoms with Crippen molar-refractivity contribution in [2.24, 2.45) is 0 Å². The maximum atomic E-state index is 5.08. The summed E-state index contributed by atoms with van der Waals surface area (Å²) in [5.74, 6) is 0. The lowest BCUT2D eigenvalue weighted by Gasteiger charge is -2.05. The molecule has 1 heteroatoms. The number of hydrogen-bond donors (Lipinski definition) is 0. The van der Waals surface area contributed by atoms with E-state index in [0.717, 1.165) is 12.8 Å². The Hall–Kier alpha value is -0.720. The van der Waals surface area contributed by atoms with E-state index in [1.807, 2.05) is 12.3 Å². The zero-order chi connectivity index (χ0) is 10.6. The minimum absolute atomic E-state index is 1.11. The molecule has 0 rings (SSSR count). The standard InChI is InChI=1S/C13H24O/c1-4-6-8-10-13(12-14-3)11-9-7-5-2/h4,12H,1,5-11H2,2-3H3/b13-12+. The van der Waals surface area contributed by atoms with Crippen molar-refractivity contribution in [2.75, 3.05) is 7.11 Å². The van der Waals surface area contributed by atoms with Crippen LogP contribution in [0.3, 0.4) is 0 Å². The van der Waals surface area contributed by atoms with Gasteiger partial charge in [-0.05, 0) is 37.7 Å². The summed E-state index contributed by atoms with van der Waals surface area (Å²) in [6, 6.07) is 0. The fourth-order valence-electron chi connectivity index (χ4n) is 1.49. The molecule has 0 bridgehead atoms. The topological polar surface area (TPSA) is 9.23 Å². The van der Waals surface area contributed by atoms with E-state index >= 15 is 0 Å². The number of methoxy groups -OCH3 is 1. The van der Waals surface area contributed by atoms with Gasteiger partial charge in [-0.25, -0.2) is 0 Å². The first-order valence-corrected chi connectivity index (χ1v) is 5.66. The second-order valence-corrected chi connectivity index (χ2v) is 3.65. The van der Waals surface area contributed by atoms with Gasteiger partial charge in [-0.1, -0.05) is 25.8 Å². The Kier molecular flexibility index (Phi) is 9.83. The monoisotopic (exact) mass is 196 g/mol. The van der Waals surface area contributed by atoms with Gasteiger partial charge in [0.25, 0.3) is 0 Å². The number of rotatable bonds is 9. The van der Waals surface area contributed by atoms with E-state index in [1.54, 1.807) is 7.11 Å². The summed E-state index contributed by atoms with van der Waals surface area (Å²) in [5.41, 5.74) is 1.45. The largest absolute Gasteiger partial charge is 0.504 e. The van der Waals surface area contributed by atoms with Crippen LogP contribution in [0.2, 0.25) is 0 Å². The van der Waals surface area contributed by atoms with Crippen molar-refractivity contribution in [3.05, 3.63) is 24.5 Å². The molecular weight excluding hydrogens is 172 g/mol. The summed E-state index contributed by atoms with van der Waals surface area (Å²) < 4.78 is 5.08. The van der Waals surface area contributed by atoms with Gasteiger partial charge in [-0.2, -0.15) is 0 Å². The molecule has 0 atom stereocenters. The van der Waals surface area contributed by atoms with Gasteiger partial charge in [-0.15, -0.1) is 6.58 Å². The molecule has 0 aliphatic rings. The van der Waals surface area contributed by atoms with Gasteiger partial charge < -0.3 is 4.74 Å². The van der Waals surface area contributed by atoms with E-state index in [4.69, 9.17) is 4.74 Å². The normalized spacial score (nSPS) is 11.4. The van der Waals surface area contributed by atoms with Crippen molar-refractivity contribution in [1.82, 2.24) is 0 Å². The molecule has 14 heavy (non-hydrogen) atoms. The number of hydrogen-bond acceptors (Lipinski definition) is 1. The van der Waals surface area contributed by atoms with Crippen molar-refractivity contribution < 1.29 is 4.74 Å². The molecule has 1 nitrogen and oxygen atoms in total. The molecule has 0 radical (unpaired) electrons. The van der Waals surface area contributed by atoms with Gasteiger partial charge in [0, 0.05) is 0 Å². The SMILES string of the molecule is C=CCCC/C(=C\OC)CCCCC. The lowest BCUT2D eigenvalue weighted by Crippen LogP contribution is -1.87. The van der Waals surface area contributed by atoms with E-state index < -0.39 is 0 Å². The maximum absolute atomic E-state index is 5.08. The first-order valence-electron chi connectivity index (χ1n) is 5.66. The minimum Gasteiger partial charge on any atom is -0.504 e. The van der Waals surface area contributed by atoms with Gasteiger partial charge >= 0.3 is 0 Å². The Morgan fingerprint density at radius 3 is 2.50 bits per heavy atom. The summed E-state index contributed by atoms with van der Waals surface area (Å²) in [5, 5.41) is 0. The number of allylic oxidation sites excluding steroid dienone is 2. The maximum Gasteiger partial charge on any atom is 0.0816 e. The number of unbranched alkanes of at least 4 members (excludes halogenated alkanes) is 3. The number of ether oxygens (including phenoxy) is 1. The van der Waals surface area contributed by atoms with Gasteiger partial charge in [0.05, 0.1) is 13.4 Å². The molecular formula is C13H24O. The van der Waals surface area contributed by atoms with E-state index in [9.17, 15) is 0 Å². The summed E-state index contributed by atoms with van der Waals surface area (Å²) in [6.07, 6.45) is 12.5. The molecule has 0 amide bonds. The predicted octanol–water partition coefficient (Wildman–Crippen LogP) is 4.45. The lowest BCUT2D eigenvalue weighted by atomic mass is 10.0. The molecule has 0 N–H and O–H groups in total. The quantitative estimate of drug-likeness (QED) is 0.301. The van der Waals surface area contributed by atoms with Crippen molar-refractivity contribution in [1.29, 1.82) is 0 Å². The summed E-state index contributed by atoms with van der Waals surface area (Å²) in [6.45, 7) is 5.96. The van der Waals surface area contributed by atoms with Crippen LogP contribution in [0, 0.1) is 0 Å². The molecule has 0 saturated heterocycles. The molecule has 0 saturated carbocycles. The third kappa shape index (κ3) is 7.90. The third-order valence-corrected chi connectivity index (χ3v) is 2.29. The fraction of sp³-hybridized carbons (Fsp3) is 0.692. The van der Waals surface area contributed by atoms with Crippen LogP contribution in [0.5, 0.6) is 0 Å². The minimum atomic E-state index is 1.11. The first kappa shape index (κ1) is 13.3. The predicted molar refractivity (Wildman–Crippen MR) is 63.3 cm³/mol. The molecule has 82 valence electrons. The van der Waals surface area contributed by atoms with Gasteiger partial charge in [0.1, 0.15) is 0 Å². The Morgan fingerprint density at radius 2 is 1.93 bits per heavy atom. The van der Waals surface area contributed by atoms with Crippen LogP contribution >= 0.6 is 0 Å². The van der Waals surface area contributed by atoms with Crippen LogP contribution in [0.1, 0.15) is 51.9 Å². The summed E-state index contributed by atoms with van der Waals surface area (Å²) >= 11 is 0. The summed E-state index contributed by atoms with van der Waals surface area (Å²) in [4.78, 5) is 0. The Labute approximate surface area is 88.9 Å². The molecule has 0 heterocycles. The van der Waals surface area contributed by atoms with E-state index in [-0.39, 0.29) is 0 Å². The van der Waals surface area contributed by atoms with Crippen molar-refractivity contribution in [2.45, 2.75) is 51.9 Å². The third-order valence-electron chi connectivity index (χ3n) is 2.29. The van der Waals surface area contributed by atoms with Crippen LogP contribution in [-0.2, 0) is 4.74 Å². The fourth-order valence-corrected chi connectivity index (χ4v) is 1.49. The molecule has 0 aliphatic carbocycles. The van der Waals surface area contributed by atoms with E-state index in [2.05, 4.69) is 13.5 Å². The smallest absolute Gasteiger partial charge is 0.0816 e. The van der Waals surface area contributed by atoms with Crippen molar-refractivity contribution >= 4 is 0 Å². The van der Waals surface area contributed by atoms with E-state index in [0.29, 0.717) is 0 Å². The van der Waals surface area contributed by atoms with Crippen molar-refractivity contribution in [3.8, 4) is 0 Å². The Bertz CT molecular complexity index is 159. The highest BCUT2D eigenvalue weighted by Gasteiger charge is 1.97. The molecule has 0 spiro atoms. The second kappa shape index (κ2) is 10.4. The average Bonchev–Trinajstić information content (AvgIpc) is 2.18.